The van der Waals surface area contributed by atoms with Crippen molar-refractivity contribution in [1.82, 2.24) is 4.98 Å². The van der Waals surface area contributed by atoms with E-state index in [2.05, 4.69) is 10.3 Å². The van der Waals surface area contributed by atoms with Gasteiger partial charge in [0.1, 0.15) is 0 Å². The molecule has 1 atom stereocenters. The van der Waals surface area contributed by atoms with Gasteiger partial charge in [-0.1, -0.05) is 29.8 Å². The Kier molecular flexibility index (Phi) is 3.40. The number of sulfone groups is 1. The molecular formula is C14H13ClN2O2S. The zero-order chi connectivity index (χ0) is 14.2. The Labute approximate surface area is 122 Å². The first kappa shape index (κ1) is 13.4. The van der Waals surface area contributed by atoms with E-state index in [1.807, 2.05) is 12.1 Å². The lowest BCUT2D eigenvalue weighted by Crippen LogP contribution is -2.24. The van der Waals surface area contributed by atoms with Gasteiger partial charge < -0.3 is 5.32 Å². The molecule has 1 aromatic heterocycles. The Morgan fingerprint density at radius 1 is 1.25 bits per heavy atom. The molecule has 1 N–H and O–H groups in total. The molecule has 0 spiro atoms. The monoisotopic (exact) mass is 308 g/mol. The zero-order valence-corrected chi connectivity index (χ0v) is 12.2. The van der Waals surface area contributed by atoms with E-state index in [9.17, 15) is 8.42 Å². The lowest BCUT2D eigenvalue weighted by atomic mass is 10.0. The first-order valence-electron chi connectivity index (χ1n) is 6.26. The van der Waals surface area contributed by atoms with Gasteiger partial charge >= 0.3 is 0 Å². The standard InChI is InChI=1S/C14H13ClN2O2S/c15-11-5-7-16-9-13(11)17-12-6-8-20(18,19)14-4-2-1-3-10(12)14/h1-5,7,9,12,17H,6,8H2. The van der Waals surface area contributed by atoms with E-state index in [1.165, 1.54) is 0 Å². The molecule has 3 rings (SSSR count). The maximum Gasteiger partial charge on any atom is 0.178 e. The lowest BCUT2D eigenvalue weighted by Gasteiger charge is -2.27. The number of anilines is 1. The number of pyridine rings is 1. The molecule has 2 aromatic rings. The van der Waals surface area contributed by atoms with Crippen LogP contribution in [-0.2, 0) is 9.84 Å². The molecule has 20 heavy (non-hydrogen) atoms. The highest BCUT2D eigenvalue weighted by atomic mass is 35.5. The topological polar surface area (TPSA) is 59.1 Å². The summed E-state index contributed by atoms with van der Waals surface area (Å²) < 4.78 is 24.1. The van der Waals surface area contributed by atoms with Crippen LogP contribution in [0.25, 0.3) is 0 Å². The van der Waals surface area contributed by atoms with Crippen LogP contribution >= 0.6 is 11.6 Å². The van der Waals surface area contributed by atoms with Crippen LogP contribution in [0, 0.1) is 0 Å². The highest BCUT2D eigenvalue weighted by molar-refractivity contribution is 7.91. The van der Waals surface area contributed by atoms with Crippen molar-refractivity contribution in [2.45, 2.75) is 17.4 Å². The van der Waals surface area contributed by atoms with E-state index in [-0.39, 0.29) is 11.8 Å². The Bertz CT molecular complexity index is 746. The van der Waals surface area contributed by atoms with Crippen molar-refractivity contribution >= 4 is 27.1 Å². The molecule has 6 heteroatoms. The largest absolute Gasteiger partial charge is 0.376 e. The van der Waals surface area contributed by atoms with Crippen LogP contribution < -0.4 is 5.32 Å². The van der Waals surface area contributed by atoms with Gasteiger partial charge in [0, 0.05) is 6.20 Å². The first-order chi connectivity index (χ1) is 9.58. The first-order valence-corrected chi connectivity index (χ1v) is 8.29. The maximum absolute atomic E-state index is 12.1. The number of aromatic nitrogens is 1. The average Bonchev–Trinajstić information content (AvgIpc) is 2.44. The van der Waals surface area contributed by atoms with Crippen molar-refractivity contribution in [3.63, 3.8) is 0 Å². The molecule has 2 heterocycles. The Hall–Kier alpha value is -1.59. The molecule has 0 radical (unpaired) electrons. The predicted octanol–water partition coefficient (Wildman–Crippen LogP) is 3.07. The van der Waals surface area contributed by atoms with Gasteiger partial charge in [-0.25, -0.2) is 8.42 Å². The van der Waals surface area contributed by atoms with E-state index in [0.717, 1.165) is 5.56 Å². The molecule has 0 aliphatic carbocycles. The van der Waals surface area contributed by atoms with Crippen molar-refractivity contribution in [2.24, 2.45) is 0 Å². The van der Waals surface area contributed by atoms with E-state index < -0.39 is 9.84 Å². The van der Waals surface area contributed by atoms with Crippen molar-refractivity contribution in [3.8, 4) is 0 Å². The third-order valence-electron chi connectivity index (χ3n) is 3.40. The van der Waals surface area contributed by atoms with Gasteiger partial charge in [-0.2, -0.15) is 0 Å². The van der Waals surface area contributed by atoms with E-state index in [1.54, 1.807) is 30.6 Å². The number of nitrogens with one attached hydrogen (secondary N) is 1. The molecule has 4 nitrogen and oxygen atoms in total. The molecule has 1 aromatic carbocycles. The second kappa shape index (κ2) is 5.07. The third kappa shape index (κ3) is 2.39. The number of halogens is 1. The van der Waals surface area contributed by atoms with Gasteiger partial charge in [0.05, 0.1) is 33.6 Å². The van der Waals surface area contributed by atoms with Crippen LogP contribution in [0.1, 0.15) is 18.0 Å². The SMILES string of the molecule is O=S1(=O)CCC(Nc2cnccc2Cl)c2ccccc21. The summed E-state index contributed by atoms with van der Waals surface area (Å²) in [6, 6.07) is 8.72. The average molecular weight is 309 g/mol. The zero-order valence-electron chi connectivity index (χ0n) is 10.6. The summed E-state index contributed by atoms with van der Waals surface area (Å²) >= 11 is 6.11. The minimum absolute atomic E-state index is 0.0728. The summed E-state index contributed by atoms with van der Waals surface area (Å²) in [5, 5.41) is 3.86. The van der Waals surface area contributed by atoms with Crippen molar-refractivity contribution in [1.29, 1.82) is 0 Å². The van der Waals surface area contributed by atoms with Crippen LogP contribution in [0.2, 0.25) is 5.02 Å². The second-order valence-corrected chi connectivity index (χ2v) is 7.18. The molecule has 1 unspecified atom stereocenters. The highest BCUT2D eigenvalue weighted by Gasteiger charge is 2.30. The summed E-state index contributed by atoms with van der Waals surface area (Å²) in [5.41, 5.74) is 1.51. The Morgan fingerprint density at radius 3 is 2.85 bits per heavy atom. The fourth-order valence-electron chi connectivity index (χ4n) is 2.41. The summed E-state index contributed by atoms with van der Waals surface area (Å²) in [6.07, 6.45) is 3.78. The van der Waals surface area contributed by atoms with Crippen LogP contribution in [-0.4, -0.2) is 19.2 Å². The summed E-state index contributed by atoms with van der Waals surface area (Å²) in [5.74, 6) is 0.138. The van der Waals surface area contributed by atoms with Gasteiger partial charge in [0.2, 0.25) is 0 Å². The van der Waals surface area contributed by atoms with Gasteiger partial charge in [0.15, 0.2) is 9.84 Å². The number of benzene rings is 1. The minimum atomic E-state index is -3.17. The molecule has 0 fully saturated rings. The molecule has 0 saturated heterocycles. The van der Waals surface area contributed by atoms with Crippen molar-refractivity contribution in [3.05, 3.63) is 53.3 Å². The molecule has 0 amide bonds. The Balaban J connectivity index is 1.99. The summed E-state index contributed by atoms with van der Waals surface area (Å²) in [4.78, 5) is 4.44. The lowest BCUT2D eigenvalue weighted by molar-refractivity contribution is 0.576. The van der Waals surface area contributed by atoms with Gasteiger partial charge in [-0.3, -0.25) is 4.98 Å². The highest BCUT2D eigenvalue weighted by Crippen LogP contribution is 2.35. The fourth-order valence-corrected chi connectivity index (χ4v) is 4.19. The predicted molar refractivity (Wildman–Crippen MR) is 78.7 cm³/mol. The number of hydrogen-bond donors (Lipinski definition) is 1. The van der Waals surface area contributed by atoms with E-state index in [4.69, 9.17) is 11.6 Å². The third-order valence-corrected chi connectivity index (χ3v) is 5.55. The second-order valence-electron chi connectivity index (χ2n) is 4.70. The Morgan fingerprint density at radius 2 is 2.05 bits per heavy atom. The van der Waals surface area contributed by atoms with Crippen molar-refractivity contribution < 1.29 is 8.42 Å². The molecule has 1 aliphatic heterocycles. The number of fused-ring (bicyclic) bond motifs is 1. The number of rotatable bonds is 2. The molecule has 1 aliphatic rings. The number of nitrogens with zero attached hydrogens (tertiary/aromatic N) is 1. The molecule has 0 bridgehead atoms. The summed E-state index contributed by atoms with van der Waals surface area (Å²) in [7, 11) is -3.17. The quantitative estimate of drug-likeness (QED) is 0.926. The van der Waals surface area contributed by atoms with Crippen LogP contribution in [0.5, 0.6) is 0 Å². The van der Waals surface area contributed by atoms with Crippen LogP contribution in [0.3, 0.4) is 0 Å². The molecular weight excluding hydrogens is 296 g/mol. The number of hydrogen-bond acceptors (Lipinski definition) is 4. The summed E-state index contributed by atoms with van der Waals surface area (Å²) in [6.45, 7) is 0. The van der Waals surface area contributed by atoms with Gasteiger partial charge in [-0.15, -0.1) is 0 Å². The molecule has 104 valence electrons. The van der Waals surface area contributed by atoms with Crippen molar-refractivity contribution in [2.75, 3.05) is 11.1 Å². The normalized spacial score (nSPS) is 20.1. The fraction of sp³-hybridized carbons (Fsp3) is 0.214. The smallest absolute Gasteiger partial charge is 0.178 e. The van der Waals surface area contributed by atoms with Crippen LogP contribution in [0.15, 0.2) is 47.6 Å². The maximum atomic E-state index is 12.1. The van der Waals surface area contributed by atoms with E-state index in [0.29, 0.717) is 22.0 Å². The van der Waals surface area contributed by atoms with Gasteiger partial charge in [0.25, 0.3) is 0 Å². The van der Waals surface area contributed by atoms with E-state index >= 15 is 0 Å². The van der Waals surface area contributed by atoms with Gasteiger partial charge in [-0.05, 0) is 24.1 Å². The van der Waals surface area contributed by atoms with Crippen LogP contribution in [0.4, 0.5) is 5.69 Å². The minimum Gasteiger partial charge on any atom is -0.376 e. The molecule has 0 saturated carbocycles.